The third-order valence-electron chi connectivity index (χ3n) is 3.69. The molecule has 2 aromatic rings. The Morgan fingerprint density at radius 1 is 0.857 bits per heavy atom. The summed E-state index contributed by atoms with van der Waals surface area (Å²) in [6, 6.07) is 17.2. The second-order valence-corrected chi connectivity index (χ2v) is 5.02. The van der Waals surface area contributed by atoms with Gasteiger partial charge in [0.1, 0.15) is 0 Å². The van der Waals surface area contributed by atoms with Crippen molar-refractivity contribution in [1.82, 2.24) is 5.32 Å². The maximum atomic E-state index is 3.21. The summed E-state index contributed by atoms with van der Waals surface area (Å²) in [5.74, 6) is 0. The molecule has 0 unspecified atom stereocenters. The van der Waals surface area contributed by atoms with E-state index in [1.54, 1.807) is 0 Å². The molecule has 0 heterocycles. The summed E-state index contributed by atoms with van der Waals surface area (Å²) in [4.78, 5) is 0. The van der Waals surface area contributed by atoms with Gasteiger partial charge in [-0.1, -0.05) is 66.8 Å². The SMILES string of the molecule is CNCCC=C1c2ccccc2C=Cc2ccccc21.Cl. The van der Waals surface area contributed by atoms with E-state index in [4.69, 9.17) is 0 Å². The van der Waals surface area contributed by atoms with Crippen LogP contribution in [0.15, 0.2) is 54.6 Å². The first-order valence-corrected chi connectivity index (χ1v) is 7.12. The number of hydrogen-bond acceptors (Lipinski definition) is 1. The molecule has 21 heavy (non-hydrogen) atoms. The van der Waals surface area contributed by atoms with E-state index in [1.165, 1.54) is 27.8 Å². The zero-order valence-electron chi connectivity index (χ0n) is 12.2. The van der Waals surface area contributed by atoms with Gasteiger partial charge in [-0.2, -0.15) is 0 Å². The number of halogens is 1. The lowest BCUT2D eigenvalue weighted by molar-refractivity contribution is 0.808. The van der Waals surface area contributed by atoms with Gasteiger partial charge in [-0.3, -0.25) is 0 Å². The van der Waals surface area contributed by atoms with Crippen molar-refractivity contribution < 1.29 is 0 Å². The summed E-state index contributed by atoms with van der Waals surface area (Å²) in [7, 11) is 2.00. The number of nitrogens with one attached hydrogen (secondary N) is 1. The van der Waals surface area contributed by atoms with E-state index in [-0.39, 0.29) is 12.4 Å². The van der Waals surface area contributed by atoms with E-state index in [9.17, 15) is 0 Å². The highest BCUT2D eigenvalue weighted by Crippen LogP contribution is 2.33. The summed E-state index contributed by atoms with van der Waals surface area (Å²) in [5, 5.41) is 3.21. The molecule has 0 bridgehead atoms. The molecule has 1 aliphatic carbocycles. The third-order valence-corrected chi connectivity index (χ3v) is 3.69. The molecule has 0 atom stereocenters. The van der Waals surface area contributed by atoms with Crippen LogP contribution in [-0.4, -0.2) is 13.6 Å². The molecular formula is C19H20ClN. The van der Waals surface area contributed by atoms with E-state index < -0.39 is 0 Å². The van der Waals surface area contributed by atoms with Gasteiger partial charge in [0.05, 0.1) is 0 Å². The highest BCUT2D eigenvalue weighted by Gasteiger charge is 2.13. The predicted octanol–water partition coefficient (Wildman–Crippen LogP) is 4.63. The summed E-state index contributed by atoms with van der Waals surface area (Å²) < 4.78 is 0. The van der Waals surface area contributed by atoms with Crippen LogP contribution in [0, 0.1) is 0 Å². The maximum absolute atomic E-state index is 3.21. The normalized spacial score (nSPS) is 12.0. The molecule has 0 spiro atoms. The lowest BCUT2D eigenvalue weighted by Crippen LogP contribution is -2.06. The number of fused-ring (bicyclic) bond motifs is 2. The fraction of sp³-hybridized carbons (Fsp3) is 0.158. The average Bonchev–Trinajstić information content (AvgIpc) is 2.66. The quantitative estimate of drug-likeness (QED) is 0.695. The zero-order valence-corrected chi connectivity index (χ0v) is 13.0. The van der Waals surface area contributed by atoms with E-state index in [0.717, 1.165) is 13.0 Å². The van der Waals surface area contributed by atoms with Crippen molar-refractivity contribution in [2.24, 2.45) is 0 Å². The molecule has 0 fully saturated rings. The van der Waals surface area contributed by atoms with E-state index in [1.807, 2.05) is 7.05 Å². The Morgan fingerprint density at radius 3 is 1.90 bits per heavy atom. The Morgan fingerprint density at radius 2 is 1.38 bits per heavy atom. The van der Waals surface area contributed by atoms with Gasteiger partial charge < -0.3 is 5.32 Å². The maximum Gasteiger partial charge on any atom is -0.00169 e. The van der Waals surface area contributed by atoms with Gasteiger partial charge in [0, 0.05) is 0 Å². The van der Waals surface area contributed by atoms with Crippen LogP contribution in [-0.2, 0) is 0 Å². The minimum Gasteiger partial charge on any atom is -0.319 e. The fourth-order valence-corrected chi connectivity index (χ4v) is 2.68. The summed E-state index contributed by atoms with van der Waals surface area (Å²) in [6.45, 7) is 1.00. The molecule has 0 saturated heterocycles. The highest BCUT2D eigenvalue weighted by molar-refractivity contribution is 5.93. The molecule has 108 valence electrons. The predicted molar refractivity (Wildman–Crippen MR) is 94.7 cm³/mol. The minimum absolute atomic E-state index is 0. The average molecular weight is 298 g/mol. The molecule has 2 heteroatoms. The van der Waals surface area contributed by atoms with Gasteiger partial charge in [-0.15, -0.1) is 12.4 Å². The Hall–Kier alpha value is -1.83. The highest BCUT2D eigenvalue weighted by atomic mass is 35.5. The standard InChI is InChI=1S/C19H19N.ClH/c1-20-14-6-11-19-17-9-4-2-7-15(17)12-13-16-8-3-5-10-18(16)19;/h2-5,7-13,20H,6,14H2,1H3;1H. The molecule has 0 aromatic heterocycles. The van der Waals surface area contributed by atoms with E-state index in [2.05, 4.69) is 72.1 Å². The van der Waals surface area contributed by atoms with Gasteiger partial charge >= 0.3 is 0 Å². The number of rotatable bonds is 3. The topological polar surface area (TPSA) is 12.0 Å². The molecule has 0 radical (unpaired) electrons. The van der Waals surface area contributed by atoms with Gasteiger partial charge in [0.15, 0.2) is 0 Å². The summed E-state index contributed by atoms with van der Waals surface area (Å²) in [5.41, 5.74) is 6.57. The second kappa shape index (κ2) is 7.26. The fourth-order valence-electron chi connectivity index (χ4n) is 2.68. The van der Waals surface area contributed by atoms with Crippen molar-refractivity contribution in [3.05, 3.63) is 76.9 Å². The van der Waals surface area contributed by atoms with E-state index >= 15 is 0 Å². The van der Waals surface area contributed by atoms with Crippen molar-refractivity contribution in [2.45, 2.75) is 6.42 Å². The van der Waals surface area contributed by atoms with Crippen LogP contribution in [0.4, 0.5) is 0 Å². The Labute approximate surface area is 132 Å². The lowest BCUT2D eigenvalue weighted by atomic mass is 9.93. The van der Waals surface area contributed by atoms with Crippen molar-refractivity contribution >= 4 is 30.1 Å². The third kappa shape index (κ3) is 3.26. The van der Waals surface area contributed by atoms with Crippen molar-refractivity contribution in [3.8, 4) is 0 Å². The Balaban J connectivity index is 0.00000161. The molecule has 1 nitrogen and oxygen atoms in total. The molecule has 2 aromatic carbocycles. The molecule has 3 rings (SSSR count). The van der Waals surface area contributed by atoms with Gasteiger partial charge in [-0.05, 0) is 47.8 Å². The lowest BCUT2D eigenvalue weighted by Gasteiger charge is -2.12. The Bertz CT molecular complexity index is 619. The molecule has 0 amide bonds. The second-order valence-electron chi connectivity index (χ2n) is 5.02. The smallest absolute Gasteiger partial charge is 0.00169 e. The van der Waals surface area contributed by atoms with Crippen LogP contribution in [0.5, 0.6) is 0 Å². The van der Waals surface area contributed by atoms with Crippen LogP contribution >= 0.6 is 12.4 Å². The van der Waals surface area contributed by atoms with E-state index in [0.29, 0.717) is 0 Å². The van der Waals surface area contributed by atoms with Crippen molar-refractivity contribution in [3.63, 3.8) is 0 Å². The van der Waals surface area contributed by atoms with Crippen LogP contribution in [0.1, 0.15) is 28.7 Å². The summed E-state index contributed by atoms with van der Waals surface area (Å²) >= 11 is 0. The molecule has 1 N–H and O–H groups in total. The minimum atomic E-state index is 0. The number of benzene rings is 2. The van der Waals surface area contributed by atoms with Crippen LogP contribution in [0.2, 0.25) is 0 Å². The first-order valence-electron chi connectivity index (χ1n) is 7.12. The largest absolute Gasteiger partial charge is 0.319 e. The summed E-state index contributed by atoms with van der Waals surface area (Å²) in [6.07, 6.45) is 7.82. The van der Waals surface area contributed by atoms with Gasteiger partial charge in [0.25, 0.3) is 0 Å². The molecule has 0 saturated carbocycles. The zero-order chi connectivity index (χ0) is 13.8. The first kappa shape index (κ1) is 15.6. The first-order chi connectivity index (χ1) is 9.90. The molecular weight excluding hydrogens is 278 g/mol. The van der Waals surface area contributed by atoms with Gasteiger partial charge in [-0.25, -0.2) is 0 Å². The van der Waals surface area contributed by atoms with Crippen molar-refractivity contribution in [2.75, 3.05) is 13.6 Å². The Kier molecular flexibility index (Phi) is 5.38. The molecule has 1 aliphatic rings. The van der Waals surface area contributed by atoms with Crippen LogP contribution < -0.4 is 5.32 Å². The number of hydrogen-bond donors (Lipinski definition) is 1. The van der Waals surface area contributed by atoms with Gasteiger partial charge in [0.2, 0.25) is 0 Å². The van der Waals surface area contributed by atoms with Crippen molar-refractivity contribution in [1.29, 1.82) is 0 Å². The van der Waals surface area contributed by atoms with Crippen LogP contribution in [0.25, 0.3) is 17.7 Å². The monoisotopic (exact) mass is 297 g/mol. The van der Waals surface area contributed by atoms with Crippen LogP contribution in [0.3, 0.4) is 0 Å². The molecule has 0 aliphatic heterocycles.